The molecule has 4 rings (SSSR count). The summed E-state index contributed by atoms with van der Waals surface area (Å²) in [4.78, 5) is 26.0. The van der Waals surface area contributed by atoms with Crippen LogP contribution in [0.25, 0.3) is 5.69 Å². The van der Waals surface area contributed by atoms with E-state index in [0.29, 0.717) is 11.4 Å². The zero-order valence-corrected chi connectivity index (χ0v) is 20.4. The first kappa shape index (κ1) is 23.9. The van der Waals surface area contributed by atoms with Gasteiger partial charge in [0.2, 0.25) is 10.0 Å². The number of aromatic nitrogens is 2. The Morgan fingerprint density at radius 3 is 2.18 bits per heavy atom. The zero-order valence-electron chi connectivity index (χ0n) is 19.6. The average molecular weight is 485 g/mol. The molecule has 1 aliphatic heterocycles. The summed E-state index contributed by atoms with van der Waals surface area (Å²) in [5.41, 5.74) is 1.34. The van der Waals surface area contributed by atoms with Crippen LogP contribution in [-0.2, 0) is 21.8 Å². The number of amides is 1. The van der Waals surface area contributed by atoms with Crippen LogP contribution in [0.4, 0.5) is 5.69 Å². The number of sulfonamides is 1. The molecule has 3 aromatic rings. The van der Waals surface area contributed by atoms with Crippen LogP contribution in [-0.4, -0.2) is 53.3 Å². The topological polar surface area (TPSA) is 103 Å². The monoisotopic (exact) mass is 484 g/mol. The summed E-state index contributed by atoms with van der Waals surface area (Å²) in [5.74, 6) is -0.497. The lowest BCUT2D eigenvalue weighted by Crippen LogP contribution is -2.48. The number of para-hydroxylation sites is 1. The normalized spacial score (nSPS) is 19.2. The number of rotatable bonds is 5. The van der Waals surface area contributed by atoms with E-state index in [1.165, 1.54) is 33.3 Å². The third kappa shape index (κ3) is 4.44. The minimum atomic E-state index is -3.71. The van der Waals surface area contributed by atoms with Crippen LogP contribution in [0, 0.1) is 6.92 Å². The molecule has 0 aliphatic carbocycles. The first-order valence-electron chi connectivity index (χ1n) is 11.0. The Labute approximate surface area is 198 Å². The van der Waals surface area contributed by atoms with Crippen LogP contribution in [0.2, 0.25) is 0 Å². The second kappa shape index (κ2) is 9.21. The van der Waals surface area contributed by atoms with Gasteiger partial charge in [0.05, 0.1) is 28.5 Å². The van der Waals surface area contributed by atoms with Gasteiger partial charge >= 0.3 is 0 Å². The van der Waals surface area contributed by atoms with Crippen molar-refractivity contribution in [2.45, 2.75) is 37.9 Å². The Hall–Kier alpha value is -3.21. The van der Waals surface area contributed by atoms with E-state index in [9.17, 15) is 18.0 Å². The smallest absolute Gasteiger partial charge is 0.295 e. The van der Waals surface area contributed by atoms with E-state index < -0.39 is 15.9 Å². The van der Waals surface area contributed by atoms with Crippen molar-refractivity contribution >= 4 is 21.6 Å². The predicted molar refractivity (Wildman–Crippen MR) is 129 cm³/mol. The van der Waals surface area contributed by atoms with E-state index in [-0.39, 0.29) is 47.0 Å². The predicted octanol–water partition coefficient (Wildman–Crippen LogP) is 2.53. The maximum absolute atomic E-state index is 13.0. The highest BCUT2D eigenvalue weighted by atomic mass is 32.2. The maximum Gasteiger partial charge on any atom is 0.295 e. The molecular formula is C24H28N4O5S. The summed E-state index contributed by atoms with van der Waals surface area (Å²) < 4.78 is 36.3. The lowest BCUT2D eigenvalue weighted by molar-refractivity contribution is -0.0440. The molecule has 1 aliphatic rings. The van der Waals surface area contributed by atoms with Crippen LogP contribution in [0.5, 0.6) is 0 Å². The molecular weight excluding hydrogens is 456 g/mol. The number of nitrogens with one attached hydrogen (secondary N) is 1. The fourth-order valence-corrected chi connectivity index (χ4v) is 5.74. The summed E-state index contributed by atoms with van der Waals surface area (Å²) in [6.07, 6.45) is -0.393. The van der Waals surface area contributed by atoms with Gasteiger partial charge in [0.25, 0.3) is 11.5 Å². The standard InChI is InChI=1S/C24H28N4O5S/c1-16-14-27(15-17(2)33-16)34(31,32)21-12-10-19(11-13-21)23(29)25-22-18(3)26(4)28(24(22)30)20-8-6-5-7-9-20/h5-13,16-17H,14-15H2,1-4H3,(H,25,29)/t16-,17-/m0/s1. The molecule has 1 N–H and O–H groups in total. The largest absolute Gasteiger partial charge is 0.373 e. The van der Waals surface area contributed by atoms with Crippen molar-refractivity contribution in [2.75, 3.05) is 18.4 Å². The van der Waals surface area contributed by atoms with Gasteiger partial charge in [0, 0.05) is 25.7 Å². The number of carbonyl (C=O) groups excluding carboxylic acids is 1. The van der Waals surface area contributed by atoms with Crippen LogP contribution in [0.1, 0.15) is 29.9 Å². The minimum Gasteiger partial charge on any atom is -0.373 e. The summed E-state index contributed by atoms with van der Waals surface area (Å²) in [5, 5.41) is 2.69. The fourth-order valence-electron chi connectivity index (χ4n) is 4.15. The van der Waals surface area contributed by atoms with Crippen molar-refractivity contribution in [3.63, 3.8) is 0 Å². The Kier molecular flexibility index (Phi) is 6.48. The Morgan fingerprint density at radius 1 is 1.00 bits per heavy atom. The van der Waals surface area contributed by atoms with Crippen molar-refractivity contribution in [2.24, 2.45) is 7.05 Å². The molecule has 34 heavy (non-hydrogen) atoms. The van der Waals surface area contributed by atoms with Gasteiger partial charge < -0.3 is 10.1 Å². The molecule has 1 saturated heterocycles. The number of hydrogen-bond donors (Lipinski definition) is 1. The molecule has 2 aromatic carbocycles. The number of hydrogen-bond acceptors (Lipinski definition) is 5. The molecule has 2 heterocycles. The highest BCUT2D eigenvalue weighted by molar-refractivity contribution is 7.89. The van der Waals surface area contributed by atoms with Gasteiger partial charge in [0.15, 0.2) is 0 Å². The molecule has 2 atom stereocenters. The van der Waals surface area contributed by atoms with Crippen LogP contribution in [0.15, 0.2) is 64.3 Å². The lowest BCUT2D eigenvalue weighted by Gasteiger charge is -2.34. The molecule has 1 fully saturated rings. The molecule has 180 valence electrons. The fraction of sp³-hybridized carbons (Fsp3) is 0.333. The van der Waals surface area contributed by atoms with Crippen molar-refractivity contribution < 1.29 is 17.9 Å². The zero-order chi connectivity index (χ0) is 24.6. The van der Waals surface area contributed by atoms with E-state index in [0.717, 1.165) is 0 Å². The lowest BCUT2D eigenvalue weighted by atomic mass is 10.2. The van der Waals surface area contributed by atoms with Crippen molar-refractivity contribution in [1.82, 2.24) is 13.7 Å². The molecule has 9 nitrogen and oxygen atoms in total. The average Bonchev–Trinajstić information content (AvgIpc) is 3.02. The second-order valence-corrected chi connectivity index (χ2v) is 10.4. The molecule has 0 spiro atoms. The third-order valence-corrected chi connectivity index (χ3v) is 7.78. The number of ether oxygens (including phenoxy) is 1. The molecule has 0 radical (unpaired) electrons. The van der Waals surface area contributed by atoms with Gasteiger partial charge in [0.1, 0.15) is 5.69 Å². The Bertz CT molecular complexity index is 1350. The van der Waals surface area contributed by atoms with Gasteiger partial charge in [-0.3, -0.25) is 14.3 Å². The van der Waals surface area contributed by atoms with Gasteiger partial charge in [-0.2, -0.15) is 4.31 Å². The highest BCUT2D eigenvalue weighted by Crippen LogP contribution is 2.22. The van der Waals surface area contributed by atoms with Crippen LogP contribution in [0.3, 0.4) is 0 Å². The van der Waals surface area contributed by atoms with Crippen molar-refractivity contribution in [3.8, 4) is 5.69 Å². The summed E-state index contributed by atoms with van der Waals surface area (Å²) >= 11 is 0. The summed E-state index contributed by atoms with van der Waals surface area (Å²) in [7, 11) is -1.97. The Balaban J connectivity index is 1.56. The number of nitrogens with zero attached hydrogens (tertiary/aromatic N) is 3. The van der Waals surface area contributed by atoms with Gasteiger partial charge in [-0.15, -0.1) is 0 Å². The highest BCUT2D eigenvalue weighted by Gasteiger charge is 2.32. The summed E-state index contributed by atoms with van der Waals surface area (Å²) in [6, 6.07) is 14.9. The molecule has 1 aromatic heterocycles. The quantitative estimate of drug-likeness (QED) is 0.600. The van der Waals surface area contributed by atoms with E-state index in [2.05, 4.69) is 5.32 Å². The number of anilines is 1. The van der Waals surface area contributed by atoms with Crippen LogP contribution < -0.4 is 10.9 Å². The minimum absolute atomic E-state index is 0.104. The van der Waals surface area contributed by atoms with E-state index >= 15 is 0 Å². The van der Waals surface area contributed by atoms with Gasteiger partial charge in [-0.1, -0.05) is 18.2 Å². The number of morpholine rings is 1. The van der Waals surface area contributed by atoms with E-state index in [4.69, 9.17) is 4.74 Å². The van der Waals surface area contributed by atoms with Crippen LogP contribution >= 0.6 is 0 Å². The first-order chi connectivity index (χ1) is 16.1. The SMILES string of the molecule is Cc1c(NC(=O)c2ccc(S(=O)(=O)N3C[C@H](C)O[C@@H](C)C3)cc2)c(=O)n(-c2ccccc2)n1C. The van der Waals surface area contributed by atoms with Gasteiger partial charge in [-0.05, 0) is 57.2 Å². The Morgan fingerprint density at radius 2 is 1.59 bits per heavy atom. The van der Waals surface area contributed by atoms with E-state index in [1.54, 1.807) is 18.7 Å². The van der Waals surface area contributed by atoms with Crippen molar-refractivity contribution in [3.05, 3.63) is 76.2 Å². The third-order valence-electron chi connectivity index (χ3n) is 5.93. The molecule has 0 saturated carbocycles. The number of carbonyl (C=O) groups is 1. The molecule has 0 bridgehead atoms. The first-order valence-corrected chi connectivity index (χ1v) is 12.4. The van der Waals surface area contributed by atoms with Crippen molar-refractivity contribution in [1.29, 1.82) is 0 Å². The molecule has 0 unspecified atom stereocenters. The maximum atomic E-state index is 13.0. The number of benzene rings is 2. The summed E-state index contributed by atoms with van der Waals surface area (Å²) in [6.45, 7) is 5.97. The molecule has 1 amide bonds. The second-order valence-electron chi connectivity index (χ2n) is 8.49. The molecule has 10 heteroatoms. The van der Waals surface area contributed by atoms with E-state index in [1.807, 2.05) is 44.2 Å². The van der Waals surface area contributed by atoms with Gasteiger partial charge in [-0.25, -0.2) is 13.1 Å².